The van der Waals surface area contributed by atoms with Crippen LogP contribution in [0.4, 0.5) is 4.79 Å². The van der Waals surface area contributed by atoms with Crippen LogP contribution in [0, 0.1) is 0 Å². The van der Waals surface area contributed by atoms with Crippen molar-refractivity contribution in [2.24, 2.45) is 0 Å². The van der Waals surface area contributed by atoms with Gasteiger partial charge in [-0.05, 0) is 56.1 Å². The molecule has 0 spiro atoms. The van der Waals surface area contributed by atoms with E-state index in [2.05, 4.69) is 10.6 Å². The zero-order chi connectivity index (χ0) is 26.8. The second kappa shape index (κ2) is 17.6. The molecule has 3 N–H and O–H groups in total. The second-order valence-corrected chi connectivity index (χ2v) is 10.7. The Morgan fingerprint density at radius 1 is 0.789 bits per heavy atom. The normalized spacial score (nSPS) is 17.1. The first-order valence-corrected chi connectivity index (χ1v) is 14.6. The minimum absolute atomic E-state index is 0.116. The summed E-state index contributed by atoms with van der Waals surface area (Å²) >= 11 is 0. The highest BCUT2D eigenvalue weighted by atomic mass is 16.5. The van der Waals surface area contributed by atoms with Crippen molar-refractivity contribution in [1.82, 2.24) is 10.6 Å². The minimum Gasteiger partial charge on any atom is -0.481 e. The maximum Gasteiger partial charge on any atom is 0.407 e. The highest BCUT2D eigenvalue weighted by Crippen LogP contribution is 2.22. The summed E-state index contributed by atoms with van der Waals surface area (Å²) in [5.41, 5.74) is 2.08. The van der Waals surface area contributed by atoms with E-state index >= 15 is 0 Å². The lowest BCUT2D eigenvalue weighted by Gasteiger charge is -2.30. The van der Waals surface area contributed by atoms with Gasteiger partial charge in [-0.15, -0.1) is 0 Å². The number of hydrogen-bond acceptors (Lipinski definition) is 4. The zero-order valence-electron chi connectivity index (χ0n) is 22.8. The molecule has 0 aromatic heterocycles. The molecule has 0 radical (unpaired) electrons. The molecule has 1 amide bonds. The maximum absolute atomic E-state index is 11.9. The fourth-order valence-corrected chi connectivity index (χ4v) is 5.44. The van der Waals surface area contributed by atoms with Crippen LogP contribution in [-0.2, 0) is 22.6 Å². The molecule has 0 bridgehead atoms. The molecule has 6 heteroatoms. The van der Waals surface area contributed by atoms with Crippen molar-refractivity contribution in [3.63, 3.8) is 0 Å². The van der Waals surface area contributed by atoms with Crippen LogP contribution in [-0.4, -0.2) is 35.3 Å². The summed E-state index contributed by atoms with van der Waals surface area (Å²) in [6.07, 6.45) is 16.1. The average molecular weight is 523 g/mol. The van der Waals surface area contributed by atoms with Crippen LogP contribution >= 0.6 is 0 Å². The number of aryl methyl sites for hydroxylation is 1. The number of carboxylic acid groups (broad SMARTS) is 1. The van der Waals surface area contributed by atoms with Crippen molar-refractivity contribution in [2.45, 2.75) is 115 Å². The van der Waals surface area contributed by atoms with Crippen LogP contribution < -0.4 is 10.6 Å². The summed E-state index contributed by atoms with van der Waals surface area (Å²) in [4.78, 5) is 22.9. The van der Waals surface area contributed by atoms with Crippen molar-refractivity contribution in [3.8, 4) is 0 Å². The van der Waals surface area contributed by atoms with Crippen LogP contribution in [0.5, 0.6) is 0 Å². The molecule has 208 valence electrons. The Morgan fingerprint density at radius 3 is 1.84 bits per heavy atom. The number of benzene rings is 2. The summed E-state index contributed by atoms with van der Waals surface area (Å²) in [7, 11) is 0. The van der Waals surface area contributed by atoms with Gasteiger partial charge in [-0.1, -0.05) is 99.2 Å². The monoisotopic (exact) mass is 522 g/mol. The Labute approximate surface area is 228 Å². The third kappa shape index (κ3) is 12.6. The number of carbonyl (C=O) groups is 2. The van der Waals surface area contributed by atoms with Gasteiger partial charge < -0.3 is 20.5 Å². The number of aliphatic carboxylic acids is 1. The van der Waals surface area contributed by atoms with E-state index < -0.39 is 18.1 Å². The summed E-state index contributed by atoms with van der Waals surface area (Å²) in [6, 6.07) is 20.6. The Balaban J connectivity index is 0.000000256. The molecular formula is C32H46N2O4. The topological polar surface area (TPSA) is 87.7 Å². The van der Waals surface area contributed by atoms with Crippen LogP contribution in [0.3, 0.4) is 0 Å². The summed E-state index contributed by atoms with van der Waals surface area (Å²) in [5.74, 6) is -0.937. The number of carboxylic acids is 1. The smallest absolute Gasteiger partial charge is 0.407 e. The highest BCUT2D eigenvalue weighted by molar-refractivity contribution is 5.71. The van der Waals surface area contributed by atoms with Crippen molar-refractivity contribution in [1.29, 1.82) is 0 Å². The number of rotatable bonds is 11. The molecule has 0 heterocycles. The van der Waals surface area contributed by atoms with Gasteiger partial charge in [0.25, 0.3) is 0 Å². The van der Waals surface area contributed by atoms with Crippen LogP contribution in [0.1, 0.15) is 94.6 Å². The lowest BCUT2D eigenvalue weighted by Crippen LogP contribution is -2.40. The molecule has 2 saturated carbocycles. The Morgan fingerprint density at radius 2 is 1.32 bits per heavy atom. The van der Waals surface area contributed by atoms with Gasteiger partial charge in [0.2, 0.25) is 0 Å². The van der Waals surface area contributed by atoms with Gasteiger partial charge in [0.1, 0.15) is 6.61 Å². The van der Waals surface area contributed by atoms with Gasteiger partial charge in [0.15, 0.2) is 0 Å². The molecule has 2 aromatic rings. The van der Waals surface area contributed by atoms with E-state index in [-0.39, 0.29) is 13.0 Å². The lowest BCUT2D eigenvalue weighted by molar-refractivity contribution is -0.137. The number of hydrogen-bond donors (Lipinski definition) is 3. The van der Waals surface area contributed by atoms with Crippen LogP contribution in [0.25, 0.3) is 0 Å². The quantitative estimate of drug-likeness (QED) is 0.295. The van der Waals surface area contributed by atoms with E-state index in [1.807, 2.05) is 60.7 Å². The first-order chi connectivity index (χ1) is 18.6. The van der Waals surface area contributed by atoms with E-state index in [1.54, 1.807) is 0 Å². The zero-order valence-corrected chi connectivity index (χ0v) is 22.8. The number of carbonyl (C=O) groups excluding carboxylic acids is 1. The molecule has 0 unspecified atom stereocenters. The molecule has 4 rings (SSSR count). The predicted octanol–water partition coefficient (Wildman–Crippen LogP) is 7.02. The number of nitrogens with one attached hydrogen (secondary N) is 2. The van der Waals surface area contributed by atoms with E-state index in [9.17, 15) is 9.59 Å². The Hall–Kier alpha value is -2.86. The van der Waals surface area contributed by atoms with Crippen molar-refractivity contribution in [3.05, 3.63) is 71.8 Å². The molecule has 0 saturated heterocycles. The van der Waals surface area contributed by atoms with Gasteiger partial charge in [-0.3, -0.25) is 4.79 Å². The van der Waals surface area contributed by atoms with Gasteiger partial charge >= 0.3 is 12.1 Å². The van der Waals surface area contributed by atoms with Crippen molar-refractivity contribution >= 4 is 12.1 Å². The summed E-state index contributed by atoms with van der Waals surface area (Å²) < 4.78 is 5.16. The molecule has 2 fully saturated rings. The molecule has 1 atom stereocenters. The summed E-state index contributed by atoms with van der Waals surface area (Å²) in [5, 5.41) is 15.5. The van der Waals surface area contributed by atoms with Crippen molar-refractivity contribution < 1.29 is 19.4 Å². The molecule has 0 aliphatic heterocycles. The first-order valence-electron chi connectivity index (χ1n) is 14.6. The second-order valence-electron chi connectivity index (χ2n) is 10.7. The van der Waals surface area contributed by atoms with Crippen molar-refractivity contribution in [2.75, 3.05) is 0 Å². The molecule has 2 aliphatic carbocycles. The molecular weight excluding hydrogens is 476 g/mol. The standard InChI is InChI=1S/C20H23NO4.C12H23N/c22-19(23)14-18(13-7-12-16-8-3-1-4-9-16)21-20(24)25-15-17-10-5-2-6-11-17;1-3-7-11(8-4-1)13-12-9-5-2-6-10-12/h1-6,8-11,18H,7,12-15H2,(H,21,24)(H,22,23);11-13H,1-10H2/t18-;/m1./s1. The maximum atomic E-state index is 11.9. The van der Waals surface area contributed by atoms with Gasteiger partial charge in [0, 0.05) is 18.1 Å². The van der Waals surface area contributed by atoms with Crippen LogP contribution in [0.2, 0.25) is 0 Å². The van der Waals surface area contributed by atoms with E-state index in [0.29, 0.717) is 6.42 Å². The highest BCUT2D eigenvalue weighted by Gasteiger charge is 2.19. The lowest BCUT2D eigenvalue weighted by atomic mass is 9.91. The van der Waals surface area contributed by atoms with E-state index in [1.165, 1.54) is 69.8 Å². The molecule has 38 heavy (non-hydrogen) atoms. The predicted molar refractivity (Wildman–Crippen MR) is 152 cm³/mol. The minimum atomic E-state index is -0.937. The average Bonchev–Trinajstić information content (AvgIpc) is 2.94. The fourth-order valence-electron chi connectivity index (χ4n) is 5.44. The van der Waals surface area contributed by atoms with Gasteiger partial charge in [-0.25, -0.2) is 4.79 Å². The van der Waals surface area contributed by atoms with E-state index in [0.717, 1.165) is 30.5 Å². The van der Waals surface area contributed by atoms with Crippen LogP contribution in [0.15, 0.2) is 60.7 Å². The fraction of sp³-hybridized carbons (Fsp3) is 0.562. The number of ether oxygens (including phenoxy) is 1. The molecule has 2 aliphatic rings. The SMILES string of the molecule is C1CCC(NC2CCCCC2)CC1.O=C(O)C[C@@H](CCCc1ccccc1)NC(=O)OCc1ccccc1. The summed E-state index contributed by atoms with van der Waals surface area (Å²) in [6.45, 7) is 0.163. The molecule has 6 nitrogen and oxygen atoms in total. The molecule has 2 aromatic carbocycles. The van der Waals surface area contributed by atoms with Gasteiger partial charge in [-0.2, -0.15) is 0 Å². The number of alkyl carbamates (subject to hydrolysis) is 1. The Bertz CT molecular complexity index is 894. The largest absolute Gasteiger partial charge is 0.481 e. The van der Waals surface area contributed by atoms with E-state index in [4.69, 9.17) is 9.84 Å². The first kappa shape index (κ1) is 29.7. The van der Waals surface area contributed by atoms with Gasteiger partial charge in [0.05, 0.1) is 6.42 Å². The number of amides is 1. The Kier molecular flexibility index (Phi) is 13.8. The third-order valence-electron chi connectivity index (χ3n) is 7.50. The third-order valence-corrected chi connectivity index (χ3v) is 7.50.